The molecule has 120 valence electrons. The highest BCUT2D eigenvalue weighted by atomic mass is 32.3. The van der Waals surface area contributed by atoms with Crippen molar-refractivity contribution < 1.29 is 26.6 Å². The number of rotatable bonds is 8. The highest BCUT2D eigenvalue weighted by molar-refractivity contribution is 7.80. The number of hydrogen-bond acceptors (Lipinski definition) is 5. The Morgan fingerprint density at radius 1 is 1.15 bits per heavy atom. The van der Waals surface area contributed by atoms with Gasteiger partial charge in [-0.15, -0.1) is 0 Å². The zero-order valence-corrected chi connectivity index (χ0v) is 13.3. The second-order valence-electron chi connectivity index (χ2n) is 6.27. The molecule has 2 atom stereocenters. The van der Waals surface area contributed by atoms with Crippen LogP contribution in [0.5, 0.6) is 0 Å². The molecule has 0 spiro atoms. The molecule has 0 aromatic carbocycles. The second-order valence-corrected chi connectivity index (χ2v) is 7.36. The smallest absolute Gasteiger partial charge is 0.377 e. The molecular weight excluding hydrogens is 284 g/mol. The average Bonchev–Trinajstić information content (AvgIpc) is 2.23. The zero-order chi connectivity index (χ0) is 15.2. The average molecular weight is 310 g/mol. The largest absolute Gasteiger partial charge is 0.397 e. The molecule has 0 heterocycles. The van der Waals surface area contributed by atoms with E-state index >= 15 is 0 Å². The van der Waals surface area contributed by atoms with Gasteiger partial charge < -0.3 is 9.47 Å². The molecule has 0 bridgehead atoms. The Morgan fingerprint density at radius 3 is 2.40 bits per heavy atom. The molecule has 1 saturated carbocycles. The Bertz CT molecular complexity index is 378. The van der Waals surface area contributed by atoms with Crippen LogP contribution in [0, 0.1) is 11.3 Å². The van der Waals surface area contributed by atoms with E-state index < -0.39 is 10.4 Å². The lowest BCUT2D eigenvalue weighted by molar-refractivity contribution is -0.0465. The summed E-state index contributed by atoms with van der Waals surface area (Å²) >= 11 is 0. The highest BCUT2D eigenvalue weighted by Gasteiger charge is 2.32. The van der Waals surface area contributed by atoms with Crippen LogP contribution in [0.15, 0.2) is 0 Å². The molecule has 0 saturated heterocycles. The molecule has 0 radical (unpaired) electrons. The van der Waals surface area contributed by atoms with E-state index in [1.165, 1.54) is 6.42 Å². The third kappa shape index (κ3) is 8.16. The van der Waals surface area contributed by atoms with Crippen LogP contribution < -0.4 is 0 Å². The summed E-state index contributed by atoms with van der Waals surface area (Å²) in [5, 5.41) is 0. The Balaban J connectivity index is 2.06. The summed E-state index contributed by atoms with van der Waals surface area (Å²) in [6, 6.07) is 0. The Hall–Kier alpha value is -0.210. The van der Waals surface area contributed by atoms with Crippen molar-refractivity contribution in [3.63, 3.8) is 0 Å². The van der Waals surface area contributed by atoms with Crippen LogP contribution >= 0.6 is 0 Å². The molecule has 0 aliphatic heterocycles. The van der Waals surface area contributed by atoms with Gasteiger partial charge in [0.15, 0.2) is 0 Å². The fourth-order valence-electron chi connectivity index (χ4n) is 2.96. The Morgan fingerprint density at radius 2 is 1.80 bits per heavy atom. The molecule has 0 aromatic heterocycles. The van der Waals surface area contributed by atoms with Crippen LogP contribution in [-0.4, -0.2) is 45.5 Å². The standard InChI is InChI=1S/C13H26O6S/c1-11-8-12(10-13(2,3)9-11)18-6-4-17-5-7-19-20(14,15)16/h11-12H,4-10H2,1-3H3,(H,14,15,16)/t11-,12-/m0/s1. The first-order valence-electron chi connectivity index (χ1n) is 6.99. The molecular formula is C13H26O6S. The van der Waals surface area contributed by atoms with Gasteiger partial charge in [0.2, 0.25) is 0 Å². The minimum atomic E-state index is -4.36. The Kier molecular flexibility index (Phi) is 6.87. The van der Waals surface area contributed by atoms with Gasteiger partial charge in [-0.05, 0) is 30.6 Å². The molecule has 1 N–H and O–H groups in total. The van der Waals surface area contributed by atoms with E-state index in [-0.39, 0.29) is 19.3 Å². The van der Waals surface area contributed by atoms with Gasteiger partial charge in [-0.3, -0.25) is 4.55 Å². The SMILES string of the molecule is C[C@H]1C[C@H](OCCOCCOS(=O)(=O)O)CC(C)(C)C1. The van der Waals surface area contributed by atoms with Crippen LogP contribution in [-0.2, 0) is 24.1 Å². The van der Waals surface area contributed by atoms with E-state index in [1.54, 1.807) is 0 Å². The van der Waals surface area contributed by atoms with Crippen LogP contribution in [0.25, 0.3) is 0 Å². The van der Waals surface area contributed by atoms with Gasteiger partial charge in [-0.2, -0.15) is 8.42 Å². The van der Waals surface area contributed by atoms with Crippen molar-refractivity contribution in [3.8, 4) is 0 Å². The normalized spacial score (nSPS) is 26.6. The molecule has 0 amide bonds. The quantitative estimate of drug-likeness (QED) is 0.546. The Labute approximate surface area is 121 Å². The maximum atomic E-state index is 10.3. The third-order valence-corrected chi connectivity index (χ3v) is 3.85. The lowest BCUT2D eigenvalue weighted by Gasteiger charge is -2.38. The van der Waals surface area contributed by atoms with Gasteiger partial charge in [-0.1, -0.05) is 20.8 Å². The molecule has 1 aliphatic carbocycles. The van der Waals surface area contributed by atoms with Crippen molar-refractivity contribution in [2.24, 2.45) is 11.3 Å². The van der Waals surface area contributed by atoms with Gasteiger partial charge in [0.25, 0.3) is 0 Å². The number of ether oxygens (including phenoxy) is 2. The number of hydrogen-bond donors (Lipinski definition) is 1. The maximum Gasteiger partial charge on any atom is 0.397 e. The predicted molar refractivity (Wildman–Crippen MR) is 74.9 cm³/mol. The lowest BCUT2D eigenvalue weighted by Crippen LogP contribution is -2.33. The predicted octanol–water partition coefficient (Wildman–Crippen LogP) is 2.05. The van der Waals surface area contributed by atoms with Gasteiger partial charge in [0.1, 0.15) is 0 Å². The zero-order valence-electron chi connectivity index (χ0n) is 12.5. The molecule has 20 heavy (non-hydrogen) atoms. The minimum absolute atomic E-state index is 0.107. The van der Waals surface area contributed by atoms with Crippen LogP contribution in [0.3, 0.4) is 0 Å². The first-order valence-corrected chi connectivity index (χ1v) is 8.36. The second kappa shape index (κ2) is 7.70. The van der Waals surface area contributed by atoms with E-state index in [0.29, 0.717) is 24.5 Å². The summed E-state index contributed by atoms with van der Waals surface area (Å²) in [7, 11) is -4.36. The molecule has 0 unspecified atom stereocenters. The van der Waals surface area contributed by atoms with Gasteiger partial charge >= 0.3 is 10.4 Å². The maximum absolute atomic E-state index is 10.3. The monoisotopic (exact) mass is 310 g/mol. The minimum Gasteiger partial charge on any atom is -0.377 e. The summed E-state index contributed by atoms with van der Waals surface area (Å²) in [6.07, 6.45) is 3.64. The van der Waals surface area contributed by atoms with Crippen molar-refractivity contribution in [3.05, 3.63) is 0 Å². The van der Waals surface area contributed by atoms with Gasteiger partial charge in [0.05, 0.1) is 32.5 Å². The third-order valence-electron chi connectivity index (χ3n) is 3.39. The first-order chi connectivity index (χ1) is 9.18. The molecule has 1 fully saturated rings. The molecule has 1 rings (SSSR count). The molecule has 7 heteroatoms. The van der Waals surface area contributed by atoms with Gasteiger partial charge in [-0.25, -0.2) is 4.18 Å². The summed E-state index contributed by atoms with van der Waals surface area (Å²) in [5.74, 6) is 0.674. The molecule has 0 aromatic rings. The van der Waals surface area contributed by atoms with E-state index in [0.717, 1.165) is 12.8 Å². The fraction of sp³-hybridized carbons (Fsp3) is 1.00. The van der Waals surface area contributed by atoms with Crippen molar-refractivity contribution >= 4 is 10.4 Å². The first kappa shape index (κ1) is 17.8. The lowest BCUT2D eigenvalue weighted by atomic mass is 9.71. The van der Waals surface area contributed by atoms with Crippen molar-refractivity contribution in [1.29, 1.82) is 0 Å². The van der Waals surface area contributed by atoms with E-state index in [4.69, 9.17) is 14.0 Å². The van der Waals surface area contributed by atoms with E-state index in [9.17, 15) is 8.42 Å². The van der Waals surface area contributed by atoms with E-state index in [2.05, 4.69) is 25.0 Å². The van der Waals surface area contributed by atoms with Crippen molar-refractivity contribution in [1.82, 2.24) is 0 Å². The highest BCUT2D eigenvalue weighted by Crippen LogP contribution is 2.39. The summed E-state index contributed by atoms with van der Waals surface area (Å²) in [5.41, 5.74) is 0.326. The molecule has 1 aliphatic rings. The summed E-state index contributed by atoms with van der Waals surface area (Å²) in [6.45, 7) is 7.58. The van der Waals surface area contributed by atoms with Crippen molar-refractivity contribution in [2.45, 2.75) is 46.1 Å². The van der Waals surface area contributed by atoms with E-state index in [1.807, 2.05) is 0 Å². The summed E-state index contributed by atoms with van der Waals surface area (Å²) in [4.78, 5) is 0. The van der Waals surface area contributed by atoms with Crippen molar-refractivity contribution in [2.75, 3.05) is 26.4 Å². The van der Waals surface area contributed by atoms with Crippen LogP contribution in [0.2, 0.25) is 0 Å². The van der Waals surface area contributed by atoms with Gasteiger partial charge in [0, 0.05) is 0 Å². The molecule has 6 nitrogen and oxygen atoms in total. The van der Waals surface area contributed by atoms with Crippen LogP contribution in [0.1, 0.15) is 40.0 Å². The van der Waals surface area contributed by atoms with Crippen LogP contribution in [0.4, 0.5) is 0 Å². The summed E-state index contributed by atoms with van der Waals surface area (Å²) < 4.78 is 44.0. The fourth-order valence-corrected chi connectivity index (χ4v) is 3.24. The topological polar surface area (TPSA) is 82.1 Å².